The zero-order valence-electron chi connectivity index (χ0n) is 17.0. The average molecular weight is 412 g/mol. The fourth-order valence-electron chi connectivity index (χ4n) is 4.52. The summed E-state index contributed by atoms with van der Waals surface area (Å²) < 4.78 is 0. The van der Waals surface area contributed by atoms with Crippen molar-refractivity contribution < 1.29 is 4.79 Å². The van der Waals surface area contributed by atoms with Gasteiger partial charge in [-0.3, -0.25) is 14.6 Å². The number of carbonyl (C=O) groups excluding carboxylic acids is 1. The zero-order valence-corrected chi connectivity index (χ0v) is 17.7. The smallest absolute Gasteiger partial charge is 0.227 e. The predicted molar refractivity (Wildman–Crippen MR) is 118 cm³/mol. The minimum atomic E-state index is 0.128. The molecule has 4 rings (SSSR count). The summed E-state index contributed by atoms with van der Waals surface area (Å²) in [6.07, 6.45) is 2.10. The van der Waals surface area contributed by atoms with Crippen molar-refractivity contribution in [2.24, 2.45) is 5.92 Å². The topological polar surface area (TPSA) is 26.8 Å². The minimum Gasteiger partial charge on any atom is -0.340 e. The number of likely N-dealkylation sites (tertiary alicyclic amines) is 1. The van der Waals surface area contributed by atoms with E-state index in [1.54, 1.807) is 0 Å². The molecule has 0 saturated carbocycles. The number of benzene rings is 2. The molecule has 1 atom stereocenters. The van der Waals surface area contributed by atoms with Crippen LogP contribution in [0, 0.1) is 5.92 Å². The number of hydrogen-bond acceptors (Lipinski definition) is 3. The fraction of sp³-hybridized carbons (Fsp3) is 0.458. The van der Waals surface area contributed by atoms with Gasteiger partial charge in [-0.1, -0.05) is 54.1 Å². The largest absolute Gasteiger partial charge is 0.340 e. The van der Waals surface area contributed by atoms with Crippen LogP contribution in [0.25, 0.3) is 0 Å². The second-order valence-corrected chi connectivity index (χ2v) is 8.73. The van der Waals surface area contributed by atoms with Gasteiger partial charge in [-0.05, 0) is 42.6 Å². The van der Waals surface area contributed by atoms with Crippen molar-refractivity contribution in [2.75, 3.05) is 39.3 Å². The molecule has 0 aliphatic carbocycles. The summed E-state index contributed by atoms with van der Waals surface area (Å²) in [5, 5.41) is 0.778. The van der Waals surface area contributed by atoms with Crippen molar-refractivity contribution in [1.82, 2.24) is 14.7 Å². The summed E-state index contributed by atoms with van der Waals surface area (Å²) >= 11 is 6.12. The van der Waals surface area contributed by atoms with E-state index in [0.717, 1.165) is 70.2 Å². The standard InChI is InChI=1S/C24H30ClN3O/c25-23-10-4-8-21(16-23)18-27-11-5-9-22(19-27)24(29)28-14-12-26(13-15-28)17-20-6-2-1-3-7-20/h1-4,6-8,10,16,22H,5,9,11-15,17-19H2. The fourth-order valence-corrected chi connectivity index (χ4v) is 4.73. The van der Waals surface area contributed by atoms with Gasteiger partial charge >= 0.3 is 0 Å². The van der Waals surface area contributed by atoms with Crippen molar-refractivity contribution in [1.29, 1.82) is 0 Å². The van der Waals surface area contributed by atoms with Crippen molar-refractivity contribution in [2.45, 2.75) is 25.9 Å². The Morgan fingerprint density at radius 1 is 0.862 bits per heavy atom. The Bertz CT molecular complexity index is 805. The number of amides is 1. The van der Waals surface area contributed by atoms with Crippen LogP contribution in [0.4, 0.5) is 0 Å². The van der Waals surface area contributed by atoms with Crippen molar-refractivity contribution >= 4 is 17.5 Å². The van der Waals surface area contributed by atoms with Crippen LogP contribution in [0.2, 0.25) is 5.02 Å². The third-order valence-electron chi connectivity index (χ3n) is 6.08. The van der Waals surface area contributed by atoms with Crippen LogP contribution in [-0.4, -0.2) is 59.9 Å². The molecule has 0 aromatic heterocycles. The van der Waals surface area contributed by atoms with E-state index in [4.69, 9.17) is 11.6 Å². The molecule has 2 fully saturated rings. The first-order valence-corrected chi connectivity index (χ1v) is 11.1. The maximum Gasteiger partial charge on any atom is 0.227 e. The lowest BCUT2D eigenvalue weighted by Gasteiger charge is -2.39. The van der Waals surface area contributed by atoms with E-state index < -0.39 is 0 Å². The summed E-state index contributed by atoms with van der Waals surface area (Å²) in [6.45, 7) is 7.36. The molecule has 2 aromatic carbocycles. The zero-order chi connectivity index (χ0) is 20.1. The lowest BCUT2D eigenvalue weighted by molar-refractivity contribution is -0.139. The summed E-state index contributed by atoms with van der Waals surface area (Å²) in [5.74, 6) is 0.476. The van der Waals surface area contributed by atoms with E-state index in [-0.39, 0.29) is 5.92 Å². The number of nitrogens with zero attached hydrogens (tertiary/aromatic N) is 3. The number of piperazine rings is 1. The van der Waals surface area contributed by atoms with E-state index in [9.17, 15) is 4.79 Å². The Kier molecular flexibility index (Phi) is 6.86. The molecule has 5 heteroatoms. The van der Waals surface area contributed by atoms with Gasteiger partial charge in [0.05, 0.1) is 5.92 Å². The number of rotatable bonds is 5. The highest BCUT2D eigenvalue weighted by Gasteiger charge is 2.31. The van der Waals surface area contributed by atoms with Gasteiger partial charge < -0.3 is 4.90 Å². The molecule has 2 heterocycles. The van der Waals surface area contributed by atoms with Crippen LogP contribution < -0.4 is 0 Å². The highest BCUT2D eigenvalue weighted by molar-refractivity contribution is 6.30. The van der Waals surface area contributed by atoms with Crippen LogP contribution >= 0.6 is 11.6 Å². The van der Waals surface area contributed by atoms with Gasteiger partial charge in [0.2, 0.25) is 5.91 Å². The van der Waals surface area contributed by atoms with Gasteiger partial charge in [0.25, 0.3) is 0 Å². The number of piperidine rings is 1. The molecule has 0 spiro atoms. The Labute approximate surface area is 179 Å². The first-order chi connectivity index (χ1) is 14.2. The second-order valence-electron chi connectivity index (χ2n) is 8.29. The van der Waals surface area contributed by atoms with Gasteiger partial charge in [0.1, 0.15) is 0 Å². The number of carbonyl (C=O) groups is 1. The second kappa shape index (κ2) is 9.75. The number of hydrogen-bond donors (Lipinski definition) is 0. The lowest BCUT2D eigenvalue weighted by Crippen LogP contribution is -2.52. The van der Waals surface area contributed by atoms with Gasteiger partial charge in [-0.15, -0.1) is 0 Å². The third kappa shape index (κ3) is 5.59. The molecule has 2 aliphatic rings. The minimum absolute atomic E-state index is 0.128. The Hall–Kier alpha value is -1.88. The van der Waals surface area contributed by atoms with Crippen LogP contribution in [0.5, 0.6) is 0 Å². The van der Waals surface area contributed by atoms with Crippen LogP contribution in [0.3, 0.4) is 0 Å². The Morgan fingerprint density at radius 3 is 2.34 bits per heavy atom. The summed E-state index contributed by atoms with van der Waals surface area (Å²) in [4.78, 5) is 20.1. The highest BCUT2D eigenvalue weighted by atomic mass is 35.5. The Balaban J connectivity index is 1.27. The van der Waals surface area contributed by atoms with E-state index in [2.05, 4.69) is 51.1 Å². The molecular weight excluding hydrogens is 382 g/mol. The first kappa shape index (κ1) is 20.4. The molecule has 2 saturated heterocycles. The Morgan fingerprint density at radius 2 is 1.59 bits per heavy atom. The molecule has 29 heavy (non-hydrogen) atoms. The van der Waals surface area contributed by atoms with Gasteiger partial charge in [-0.25, -0.2) is 0 Å². The number of halogens is 1. The quantitative estimate of drug-likeness (QED) is 0.746. The molecule has 1 amide bonds. The maximum atomic E-state index is 13.1. The highest BCUT2D eigenvalue weighted by Crippen LogP contribution is 2.22. The molecule has 0 bridgehead atoms. The van der Waals surface area contributed by atoms with Crippen molar-refractivity contribution in [3.05, 3.63) is 70.7 Å². The van der Waals surface area contributed by atoms with Crippen LogP contribution in [0.1, 0.15) is 24.0 Å². The molecule has 4 nitrogen and oxygen atoms in total. The summed E-state index contributed by atoms with van der Waals surface area (Å²) in [6, 6.07) is 18.6. The van der Waals surface area contributed by atoms with E-state index in [0.29, 0.717) is 5.91 Å². The van der Waals surface area contributed by atoms with Gasteiger partial charge in [-0.2, -0.15) is 0 Å². The van der Waals surface area contributed by atoms with Crippen molar-refractivity contribution in [3.63, 3.8) is 0 Å². The van der Waals surface area contributed by atoms with E-state index >= 15 is 0 Å². The summed E-state index contributed by atoms with van der Waals surface area (Å²) in [7, 11) is 0. The SMILES string of the molecule is O=C(C1CCCN(Cc2cccc(Cl)c2)C1)N1CCN(Cc2ccccc2)CC1. The predicted octanol–water partition coefficient (Wildman–Crippen LogP) is 3.90. The lowest BCUT2D eigenvalue weighted by atomic mass is 9.95. The first-order valence-electron chi connectivity index (χ1n) is 10.7. The van der Waals surface area contributed by atoms with Gasteiger partial charge in [0, 0.05) is 50.8 Å². The molecule has 2 aromatic rings. The van der Waals surface area contributed by atoms with Crippen LogP contribution in [0.15, 0.2) is 54.6 Å². The average Bonchev–Trinajstić information content (AvgIpc) is 2.75. The van der Waals surface area contributed by atoms with Gasteiger partial charge in [0.15, 0.2) is 0 Å². The van der Waals surface area contributed by atoms with E-state index in [1.165, 1.54) is 11.1 Å². The monoisotopic (exact) mass is 411 g/mol. The van der Waals surface area contributed by atoms with Crippen LogP contribution in [-0.2, 0) is 17.9 Å². The molecule has 2 aliphatic heterocycles. The van der Waals surface area contributed by atoms with E-state index in [1.807, 2.05) is 18.2 Å². The summed E-state index contributed by atoms with van der Waals surface area (Å²) in [5.41, 5.74) is 2.57. The molecular formula is C24H30ClN3O. The molecule has 154 valence electrons. The molecule has 1 unspecified atom stereocenters. The normalized spacial score (nSPS) is 21.3. The van der Waals surface area contributed by atoms with Crippen molar-refractivity contribution in [3.8, 4) is 0 Å². The molecule has 0 N–H and O–H groups in total. The third-order valence-corrected chi connectivity index (χ3v) is 6.32. The maximum absolute atomic E-state index is 13.1. The molecule has 0 radical (unpaired) electrons.